The molecule has 3 rings (SSSR count). The van der Waals surface area contributed by atoms with Crippen molar-refractivity contribution in [1.29, 1.82) is 0 Å². The monoisotopic (exact) mass is 318 g/mol. The lowest BCUT2D eigenvalue weighted by molar-refractivity contribution is -0.115. The number of fused-ring (bicyclic) bond motifs is 1. The maximum Gasteiger partial charge on any atom is 0.243 e. The van der Waals surface area contributed by atoms with Gasteiger partial charge in [-0.25, -0.2) is 4.39 Å². The van der Waals surface area contributed by atoms with Crippen LogP contribution in [0, 0.1) is 5.82 Å². The van der Waals surface area contributed by atoms with E-state index in [1.165, 1.54) is 23.8 Å². The highest BCUT2D eigenvalue weighted by Crippen LogP contribution is 2.31. The Balaban J connectivity index is 1.70. The first kappa shape index (κ1) is 14.9. The van der Waals surface area contributed by atoms with Crippen LogP contribution < -0.4 is 10.2 Å². The quantitative estimate of drug-likeness (QED) is 0.931. The first-order valence-electron chi connectivity index (χ1n) is 7.14. The van der Waals surface area contributed by atoms with Crippen LogP contribution in [0.15, 0.2) is 42.5 Å². The average molecular weight is 319 g/mol. The van der Waals surface area contributed by atoms with Crippen LogP contribution >= 0.6 is 11.6 Å². The van der Waals surface area contributed by atoms with Gasteiger partial charge in [0.25, 0.3) is 0 Å². The Morgan fingerprint density at radius 2 is 2.14 bits per heavy atom. The van der Waals surface area contributed by atoms with E-state index in [2.05, 4.69) is 23.2 Å². The number of carbonyl (C=O) groups is 1. The number of rotatable bonds is 3. The van der Waals surface area contributed by atoms with Gasteiger partial charge in [-0.1, -0.05) is 29.8 Å². The Kier molecular flexibility index (Phi) is 4.03. The highest BCUT2D eigenvalue weighted by atomic mass is 35.5. The first-order valence-corrected chi connectivity index (χ1v) is 7.52. The average Bonchev–Trinajstić information content (AvgIpc) is 2.79. The molecule has 1 aliphatic heterocycles. The number of halogens is 2. The molecule has 1 amide bonds. The Morgan fingerprint density at radius 1 is 1.36 bits per heavy atom. The molecule has 1 N–H and O–H groups in total. The molecule has 1 aliphatic rings. The van der Waals surface area contributed by atoms with Gasteiger partial charge in [0.1, 0.15) is 5.82 Å². The molecule has 3 nitrogen and oxygen atoms in total. The molecule has 5 heteroatoms. The van der Waals surface area contributed by atoms with E-state index in [1.54, 1.807) is 0 Å². The zero-order chi connectivity index (χ0) is 15.7. The minimum absolute atomic E-state index is 0.00214. The summed E-state index contributed by atoms with van der Waals surface area (Å²) in [6.45, 7) is 2.36. The van der Waals surface area contributed by atoms with Crippen molar-refractivity contribution in [1.82, 2.24) is 0 Å². The third-order valence-corrected chi connectivity index (χ3v) is 4.16. The second kappa shape index (κ2) is 5.97. The van der Waals surface area contributed by atoms with Gasteiger partial charge in [0.05, 0.1) is 11.6 Å². The number of carbonyl (C=O) groups excluding carboxylic acids is 1. The molecule has 0 fully saturated rings. The van der Waals surface area contributed by atoms with E-state index in [9.17, 15) is 9.18 Å². The molecule has 0 saturated heterocycles. The molecule has 1 unspecified atom stereocenters. The minimum atomic E-state index is -0.498. The summed E-state index contributed by atoms with van der Waals surface area (Å²) in [7, 11) is 0. The van der Waals surface area contributed by atoms with Gasteiger partial charge in [0, 0.05) is 17.4 Å². The third-order valence-electron chi connectivity index (χ3n) is 3.87. The van der Waals surface area contributed by atoms with Crippen LogP contribution in [0.4, 0.5) is 15.8 Å². The lowest BCUT2D eigenvalue weighted by Gasteiger charge is -2.24. The zero-order valence-corrected chi connectivity index (χ0v) is 12.9. The van der Waals surface area contributed by atoms with Gasteiger partial charge < -0.3 is 10.2 Å². The second-order valence-corrected chi connectivity index (χ2v) is 5.89. The van der Waals surface area contributed by atoms with Crippen LogP contribution in [0.5, 0.6) is 0 Å². The Hall–Kier alpha value is -2.07. The fraction of sp³-hybridized carbons (Fsp3) is 0.235. The number of hydrogen-bond donors (Lipinski definition) is 1. The smallest absolute Gasteiger partial charge is 0.243 e. The molecular formula is C17H16ClFN2O. The SMILES string of the molecule is CC1Cc2ccccc2N1CC(=O)Nc1ccc(F)c(Cl)c1. The molecule has 22 heavy (non-hydrogen) atoms. The molecule has 0 spiro atoms. The maximum atomic E-state index is 13.1. The number of anilines is 2. The van der Waals surface area contributed by atoms with Gasteiger partial charge in [-0.2, -0.15) is 0 Å². The van der Waals surface area contributed by atoms with Crippen LogP contribution in [0.25, 0.3) is 0 Å². The van der Waals surface area contributed by atoms with Crippen molar-refractivity contribution < 1.29 is 9.18 Å². The Morgan fingerprint density at radius 3 is 2.91 bits per heavy atom. The summed E-state index contributed by atoms with van der Waals surface area (Å²) in [6.07, 6.45) is 0.936. The number of amides is 1. The fourth-order valence-electron chi connectivity index (χ4n) is 2.80. The lowest BCUT2D eigenvalue weighted by Crippen LogP contribution is -2.37. The lowest BCUT2D eigenvalue weighted by atomic mass is 10.1. The van der Waals surface area contributed by atoms with Gasteiger partial charge in [-0.15, -0.1) is 0 Å². The second-order valence-electron chi connectivity index (χ2n) is 5.49. The van der Waals surface area contributed by atoms with E-state index in [0.717, 1.165) is 12.1 Å². The predicted molar refractivity (Wildman–Crippen MR) is 87.0 cm³/mol. The molecule has 114 valence electrons. The predicted octanol–water partition coefficient (Wildman–Crippen LogP) is 3.87. The van der Waals surface area contributed by atoms with E-state index >= 15 is 0 Å². The van der Waals surface area contributed by atoms with E-state index < -0.39 is 5.82 Å². The van der Waals surface area contributed by atoms with Crippen LogP contribution in [-0.4, -0.2) is 18.5 Å². The number of benzene rings is 2. The van der Waals surface area contributed by atoms with Crippen molar-refractivity contribution in [3.63, 3.8) is 0 Å². The van der Waals surface area contributed by atoms with Crippen molar-refractivity contribution in [2.45, 2.75) is 19.4 Å². The van der Waals surface area contributed by atoms with Gasteiger partial charge in [-0.05, 0) is 43.2 Å². The first-order chi connectivity index (χ1) is 10.5. The minimum Gasteiger partial charge on any atom is -0.359 e. The van der Waals surface area contributed by atoms with E-state index in [4.69, 9.17) is 11.6 Å². The van der Waals surface area contributed by atoms with Crippen molar-refractivity contribution in [3.8, 4) is 0 Å². The summed E-state index contributed by atoms with van der Waals surface area (Å²) in [4.78, 5) is 14.3. The Bertz CT molecular complexity index is 720. The van der Waals surface area contributed by atoms with Crippen LogP contribution in [-0.2, 0) is 11.2 Å². The summed E-state index contributed by atoms with van der Waals surface area (Å²) >= 11 is 5.72. The topological polar surface area (TPSA) is 32.3 Å². The van der Waals surface area contributed by atoms with Crippen molar-refractivity contribution in [2.24, 2.45) is 0 Å². The number of hydrogen-bond acceptors (Lipinski definition) is 2. The van der Waals surface area contributed by atoms with E-state index in [0.29, 0.717) is 5.69 Å². The molecule has 1 heterocycles. The van der Waals surface area contributed by atoms with Gasteiger partial charge in [-0.3, -0.25) is 4.79 Å². The summed E-state index contributed by atoms with van der Waals surface area (Å²) < 4.78 is 13.1. The highest BCUT2D eigenvalue weighted by Gasteiger charge is 2.26. The third kappa shape index (κ3) is 2.92. The van der Waals surface area contributed by atoms with Gasteiger partial charge in [0.2, 0.25) is 5.91 Å². The maximum absolute atomic E-state index is 13.1. The van der Waals surface area contributed by atoms with Crippen LogP contribution in [0.2, 0.25) is 5.02 Å². The summed E-state index contributed by atoms with van der Waals surface area (Å²) in [6, 6.07) is 12.5. The fourth-order valence-corrected chi connectivity index (χ4v) is 2.98. The molecule has 1 atom stereocenters. The number of nitrogens with zero attached hydrogens (tertiary/aromatic N) is 1. The van der Waals surface area contributed by atoms with E-state index in [1.807, 2.05) is 18.2 Å². The number of nitrogens with one attached hydrogen (secondary N) is 1. The van der Waals surface area contributed by atoms with Gasteiger partial charge in [0.15, 0.2) is 0 Å². The molecule has 2 aromatic carbocycles. The standard InChI is InChI=1S/C17H16ClFN2O/c1-11-8-12-4-2-3-5-16(12)21(11)10-17(22)20-13-6-7-15(19)14(18)9-13/h2-7,9,11H,8,10H2,1H3,(H,20,22). The molecule has 2 aromatic rings. The summed E-state index contributed by atoms with van der Waals surface area (Å²) in [5.74, 6) is -0.645. The molecular weight excluding hydrogens is 303 g/mol. The summed E-state index contributed by atoms with van der Waals surface area (Å²) in [5, 5.41) is 2.75. The highest BCUT2D eigenvalue weighted by molar-refractivity contribution is 6.31. The van der Waals surface area contributed by atoms with Crippen LogP contribution in [0.1, 0.15) is 12.5 Å². The molecule has 0 aromatic heterocycles. The molecule has 0 radical (unpaired) electrons. The van der Waals surface area contributed by atoms with Crippen molar-refractivity contribution >= 4 is 28.9 Å². The Labute approximate surface area is 133 Å². The molecule has 0 saturated carbocycles. The molecule has 0 aliphatic carbocycles. The largest absolute Gasteiger partial charge is 0.359 e. The molecule has 0 bridgehead atoms. The van der Waals surface area contributed by atoms with Crippen molar-refractivity contribution in [2.75, 3.05) is 16.8 Å². The zero-order valence-electron chi connectivity index (χ0n) is 12.1. The summed E-state index contributed by atoms with van der Waals surface area (Å²) in [5.41, 5.74) is 2.85. The normalized spacial score (nSPS) is 16.5. The number of para-hydroxylation sites is 1. The van der Waals surface area contributed by atoms with Gasteiger partial charge >= 0.3 is 0 Å². The van der Waals surface area contributed by atoms with Crippen molar-refractivity contribution in [3.05, 3.63) is 58.9 Å². The van der Waals surface area contributed by atoms with E-state index in [-0.39, 0.29) is 23.5 Å². The van der Waals surface area contributed by atoms with Crippen LogP contribution in [0.3, 0.4) is 0 Å².